The van der Waals surface area contributed by atoms with Gasteiger partial charge in [0.1, 0.15) is 5.82 Å². The molecule has 0 spiro atoms. The standard InChI is InChI=1S/C11H9F3O2/c1-2-11(13,14)7-16-10(15)8-3-5-9(12)6-4-8/h2-6H,1,7H2. The summed E-state index contributed by atoms with van der Waals surface area (Å²) in [6.07, 6.45) is 0.394. The molecule has 1 rings (SSSR count). The summed E-state index contributed by atoms with van der Waals surface area (Å²) in [5, 5.41) is 0. The molecular formula is C11H9F3O2. The number of ether oxygens (including phenoxy) is 1. The Hall–Kier alpha value is -1.78. The molecule has 0 saturated heterocycles. The maximum Gasteiger partial charge on any atom is 0.338 e. The van der Waals surface area contributed by atoms with E-state index in [1.807, 2.05) is 0 Å². The summed E-state index contributed by atoms with van der Waals surface area (Å²) in [6.45, 7) is 1.83. The summed E-state index contributed by atoms with van der Waals surface area (Å²) in [6, 6.07) is 4.40. The van der Waals surface area contributed by atoms with Crippen molar-refractivity contribution in [1.29, 1.82) is 0 Å². The maximum atomic E-state index is 12.6. The molecule has 1 aromatic rings. The molecule has 2 nitrogen and oxygen atoms in total. The number of alkyl halides is 2. The van der Waals surface area contributed by atoms with Gasteiger partial charge in [-0.05, 0) is 30.3 Å². The van der Waals surface area contributed by atoms with Gasteiger partial charge in [-0.3, -0.25) is 0 Å². The first-order valence-electron chi connectivity index (χ1n) is 4.39. The van der Waals surface area contributed by atoms with Crippen molar-refractivity contribution in [1.82, 2.24) is 0 Å². The molecule has 0 atom stereocenters. The van der Waals surface area contributed by atoms with E-state index >= 15 is 0 Å². The molecule has 0 aliphatic carbocycles. The normalized spacial score (nSPS) is 10.9. The third-order valence-electron chi connectivity index (χ3n) is 1.77. The Kier molecular flexibility index (Phi) is 3.71. The van der Waals surface area contributed by atoms with E-state index < -0.39 is 24.3 Å². The zero-order chi connectivity index (χ0) is 12.2. The number of rotatable bonds is 4. The van der Waals surface area contributed by atoms with Crippen LogP contribution in [0, 0.1) is 5.82 Å². The van der Waals surface area contributed by atoms with Crippen molar-refractivity contribution in [3.8, 4) is 0 Å². The second kappa shape index (κ2) is 4.83. The molecular weight excluding hydrogens is 221 g/mol. The van der Waals surface area contributed by atoms with Crippen molar-refractivity contribution in [3.63, 3.8) is 0 Å². The highest BCUT2D eigenvalue weighted by atomic mass is 19.3. The van der Waals surface area contributed by atoms with E-state index in [1.165, 1.54) is 0 Å². The summed E-state index contributed by atoms with van der Waals surface area (Å²) in [5.41, 5.74) is 0.0151. The van der Waals surface area contributed by atoms with Crippen LogP contribution in [0.15, 0.2) is 36.9 Å². The molecule has 0 heterocycles. The number of benzene rings is 1. The van der Waals surface area contributed by atoms with Crippen LogP contribution in [0.2, 0.25) is 0 Å². The van der Waals surface area contributed by atoms with E-state index in [9.17, 15) is 18.0 Å². The molecule has 0 N–H and O–H groups in total. The molecule has 86 valence electrons. The lowest BCUT2D eigenvalue weighted by Gasteiger charge is -2.11. The third-order valence-corrected chi connectivity index (χ3v) is 1.77. The molecule has 0 aliphatic heterocycles. The Labute approximate surface area is 90.3 Å². The van der Waals surface area contributed by atoms with Gasteiger partial charge < -0.3 is 4.74 Å². The lowest BCUT2D eigenvalue weighted by Crippen LogP contribution is -2.22. The Bertz CT molecular complexity index is 385. The molecule has 0 aromatic heterocycles. The van der Waals surface area contributed by atoms with Crippen molar-refractivity contribution < 1.29 is 22.7 Å². The number of hydrogen-bond donors (Lipinski definition) is 0. The molecule has 0 radical (unpaired) electrons. The van der Waals surface area contributed by atoms with Crippen molar-refractivity contribution in [3.05, 3.63) is 48.3 Å². The number of esters is 1. The molecule has 0 bridgehead atoms. The molecule has 1 aromatic carbocycles. The van der Waals surface area contributed by atoms with Crippen LogP contribution in [0.1, 0.15) is 10.4 Å². The first-order valence-corrected chi connectivity index (χ1v) is 4.39. The second-order valence-corrected chi connectivity index (χ2v) is 3.05. The molecule has 0 amide bonds. The summed E-state index contributed by atoms with van der Waals surface area (Å²) >= 11 is 0. The SMILES string of the molecule is C=CC(F)(F)COC(=O)c1ccc(F)cc1. The summed E-state index contributed by atoms with van der Waals surface area (Å²) in [5.74, 6) is -4.70. The Morgan fingerprint density at radius 1 is 1.38 bits per heavy atom. The van der Waals surface area contributed by atoms with Gasteiger partial charge in [0.15, 0.2) is 6.61 Å². The van der Waals surface area contributed by atoms with Crippen LogP contribution >= 0.6 is 0 Å². The molecule has 0 saturated carbocycles. The topological polar surface area (TPSA) is 26.3 Å². The minimum absolute atomic E-state index is 0.0151. The Balaban J connectivity index is 2.60. The monoisotopic (exact) mass is 230 g/mol. The summed E-state index contributed by atoms with van der Waals surface area (Å²) in [4.78, 5) is 11.2. The average Bonchev–Trinajstić information content (AvgIpc) is 2.27. The molecule has 0 fully saturated rings. The van der Waals surface area contributed by atoms with E-state index in [2.05, 4.69) is 11.3 Å². The van der Waals surface area contributed by atoms with E-state index in [-0.39, 0.29) is 5.56 Å². The zero-order valence-electron chi connectivity index (χ0n) is 8.25. The predicted octanol–water partition coefficient (Wildman–Crippen LogP) is 2.80. The average molecular weight is 230 g/mol. The fourth-order valence-corrected chi connectivity index (χ4v) is 0.890. The number of carbonyl (C=O) groups excluding carboxylic acids is 1. The van der Waals surface area contributed by atoms with Gasteiger partial charge in [0.25, 0.3) is 5.92 Å². The van der Waals surface area contributed by atoms with Crippen molar-refractivity contribution in [2.24, 2.45) is 0 Å². The van der Waals surface area contributed by atoms with Gasteiger partial charge >= 0.3 is 5.97 Å². The molecule has 5 heteroatoms. The van der Waals surface area contributed by atoms with Crippen LogP contribution < -0.4 is 0 Å². The third kappa shape index (κ3) is 3.42. The van der Waals surface area contributed by atoms with Gasteiger partial charge in [0.05, 0.1) is 5.56 Å². The minimum Gasteiger partial charge on any atom is -0.455 e. The predicted molar refractivity (Wildman–Crippen MR) is 51.8 cm³/mol. The summed E-state index contributed by atoms with van der Waals surface area (Å²) < 4.78 is 42.1. The van der Waals surface area contributed by atoms with Crippen LogP contribution in [-0.4, -0.2) is 18.5 Å². The highest BCUT2D eigenvalue weighted by Crippen LogP contribution is 2.15. The van der Waals surface area contributed by atoms with Crippen molar-refractivity contribution in [2.45, 2.75) is 5.92 Å². The Morgan fingerprint density at radius 3 is 2.44 bits per heavy atom. The van der Waals surface area contributed by atoms with Gasteiger partial charge in [0.2, 0.25) is 0 Å². The van der Waals surface area contributed by atoms with Gasteiger partial charge in [-0.2, -0.15) is 8.78 Å². The highest BCUT2D eigenvalue weighted by molar-refractivity contribution is 5.89. The van der Waals surface area contributed by atoms with E-state index in [0.29, 0.717) is 6.08 Å². The quantitative estimate of drug-likeness (QED) is 0.587. The fourth-order valence-electron chi connectivity index (χ4n) is 0.890. The number of carbonyl (C=O) groups is 1. The minimum atomic E-state index is -3.25. The lowest BCUT2D eigenvalue weighted by molar-refractivity contribution is -0.0258. The second-order valence-electron chi connectivity index (χ2n) is 3.05. The zero-order valence-corrected chi connectivity index (χ0v) is 8.25. The van der Waals surface area contributed by atoms with Gasteiger partial charge in [-0.1, -0.05) is 6.58 Å². The van der Waals surface area contributed by atoms with Crippen LogP contribution in [0.4, 0.5) is 13.2 Å². The number of hydrogen-bond acceptors (Lipinski definition) is 2. The molecule has 0 unspecified atom stereocenters. The van der Waals surface area contributed by atoms with Gasteiger partial charge in [0, 0.05) is 0 Å². The van der Waals surface area contributed by atoms with E-state index in [4.69, 9.17) is 0 Å². The van der Waals surface area contributed by atoms with Crippen LogP contribution in [0.5, 0.6) is 0 Å². The van der Waals surface area contributed by atoms with Crippen LogP contribution in [0.25, 0.3) is 0 Å². The van der Waals surface area contributed by atoms with Crippen LogP contribution in [-0.2, 0) is 4.74 Å². The molecule has 0 aliphatic rings. The Morgan fingerprint density at radius 2 is 1.94 bits per heavy atom. The van der Waals surface area contributed by atoms with Crippen molar-refractivity contribution in [2.75, 3.05) is 6.61 Å². The van der Waals surface area contributed by atoms with Gasteiger partial charge in [-0.15, -0.1) is 0 Å². The highest BCUT2D eigenvalue weighted by Gasteiger charge is 2.26. The van der Waals surface area contributed by atoms with Crippen molar-refractivity contribution >= 4 is 5.97 Å². The van der Waals surface area contributed by atoms with E-state index in [1.54, 1.807) is 0 Å². The fraction of sp³-hybridized carbons (Fsp3) is 0.182. The van der Waals surface area contributed by atoms with Crippen LogP contribution in [0.3, 0.4) is 0 Å². The molecule has 16 heavy (non-hydrogen) atoms. The van der Waals surface area contributed by atoms with E-state index in [0.717, 1.165) is 24.3 Å². The lowest BCUT2D eigenvalue weighted by atomic mass is 10.2. The largest absolute Gasteiger partial charge is 0.455 e. The summed E-state index contributed by atoms with van der Waals surface area (Å²) in [7, 11) is 0. The maximum absolute atomic E-state index is 12.6. The number of halogens is 3. The first-order chi connectivity index (χ1) is 7.44. The van der Waals surface area contributed by atoms with Gasteiger partial charge in [-0.25, -0.2) is 9.18 Å². The smallest absolute Gasteiger partial charge is 0.338 e. The first kappa shape index (κ1) is 12.3.